The van der Waals surface area contributed by atoms with E-state index in [0.717, 1.165) is 0 Å². The van der Waals surface area contributed by atoms with Gasteiger partial charge in [-0.3, -0.25) is 9.36 Å². The molecule has 7 heteroatoms. The molecule has 0 atom stereocenters. The number of nitrogens with zero attached hydrogens (tertiary/aromatic N) is 2. The molecule has 0 bridgehead atoms. The van der Waals surface area contributed by atoms with Gasteiger partial charge >= 0.3 is 5.97 Å². The van der Waals surface area contributed by atoms with Crippen molar-refractivity contribution >= 4 is 28.5 Å². The molecule has 0 aliphatic carbocycles. The summed E-state index contributed by atoms with van der Waals surface area (Å²) >= 11 is 5.93. The fourth-order valence-corrected chi connectivity index (χ4v) is 2.22. The Morgan fingerprint density at radius 3 is 2.77 bits per heavy atom. The molecule has 0 N–H and O–H groups in total. The van der Waals surface area contributed by atoms with Gasteiger partial charge < -0.3 is 9.47 Å². The average molecular weight is 325 g/mol. The number of esters is 1. The molecular weight excluding hydrogens is 308 g/mol. The number of aromatic nitrogens is 2. The third-order valence-electron chi connectivity index (χ3n) is 3.04. The van der Waals surface area contributed by atoms with Crippen LogP contribution in [-0.4, -0.2) is 35.3 Å². The Labute approximate surface area is 132 Å². The smallest absolute Gasteiger partial charge is 0.374 e. The number of carbonyl (C=O) groups excluding carboxylic acids is 1. The number of ether oxygens (including phenoxy) is 2. The first-order valence-corrected chi connectivity index (χ1v) is 7.41. The summed E-state index contributed by atoms with van der Waals surface area (Å²) in [6.45, 7) is 4.80. The highest BCUT2D eigenvalue weighted by Crippen LogP contribution is 2.15. The van der Waals surface area contributed by atoms with Crippen LogP contribution in [0.4, 0.5) is 0 Å². The van der Waals surface area contributed by atoms with Crippen molar-refractivity contribution in [2.75, 3.05) is 19.8 Å². The molecule has 0 aliphatic heterocycles. The van der Waals surface area contributed by atoms with Crippen molar-refractivity contribution in [3.63, 3.8) is 0 Å². The molecular formula is C15H17ClN2O4. The van der Waals surface area contributed by atoms with Gasteiger partial charge in [0, 0.05) is 11.6 Å². The summed E-state index contributed by atoms with van der Waals surface area (Å²) in [6.07, 6.45) is 0. The Morgan fingerprint density at radius 2 is 2.09 bits per heavy atom. The molecule has 2 aromatic rings. The zero-order valence-corrected chi connectivity index (χ0v) is 13.2. The molecule has 0 amide bonds. The van der Waals surface area contributed by atoms with Crippen LogP contribution in [0.3, 0.4) is 0 Å². The molecule has 0 unspecified atom stereocenters. The number of fused-ring (bicyclic) bond motifs is 1. The standard InChI is InChI=1S/C15H17ClN2O4/c1-3-21-8-7-18-13(15(20)22-4-2)17-12-6-5-10(16)9-11(12)14(18)19/h5-6,9H,3-4,7-8H2,1-2H3. The number of carbonyl (C=O) groups is 1. The van der Waals surface area contributed by atoms with Gasteiger partial charge in [-0.1, -0.05) is 11.6 Å². The van der Waals surface area contributed by atoms with Gasteiger partial charge in [-0.05, 0) is 32.0 Å². The molecule has 0 fully saturated rings. The number of halogens is 1. The second-order valence-electron chi connectivity index (χ2n) is 4.47. The lowest BCUT2D eigenvalue weighted by atomic mass is 10.2. The van der Waals surface area contributed by atoms with Gasteiger partial charge in [0.05, 0.1) is 30.7 Å². The number of rotatable bonds is 6. The lowest BCUT2D eigenvalue weighted by Gasteiger charge is -2.12. The van der Waals surface area contributed by atoms with Crippen LogP contribution in [0.5, 0.6) is 0 Å². The average Bonchev–Trinajstić information content (AvgIpc) is 2.50. The normalized spacial score (nSPS) is 10.9. The molecule has 1 aromatic carbocycles. The topological polar surface area (TPSA) is 70.4 Å². The maximum atomic E-state index is 12.6. The van der Waals surface area contributed by atoms with Crippen LogP contribution in [0.2, 0.25) is 5.02 Å². The number of hydrogen-bond donors (Lipinski definition) is 0. The molecule has 1 aromatic heterocycles. The summed E-state index contributed by atoms with van der Waals surface area (Å²) in [5.74, 6) is -0.658. The van der Waals surface area contributed by atoms with Gasteiger partial charge in [-0.15, -0.1) is 0 Å². The van der Waals surface area contributed by atoms with Crippen molar-refractivity contribution in [1.82, 2.24) is 9.55 Å². The highest BCUT2D eigenvalue weighted by Gasteiger charge is 2.18. The lowest BCUT2D eigenvalue weighted by molar-refractivity contribution is 0.0500. The second kappa shape index (κ2) is 7.38. The van der Waals surface area contributed by atoms with Crippen LogP contribution in [0.15, 0.2) is 23.0 Å². The van der Waals surface area contributed by atoms with Crippen LogP contribution >= 0.6 is 11.6 Å². The number of benzene rings is 1. The molecule has 0 spiro atoms. The van der Waals surface area contributed by atoms with E-state index in [1.807, 2.05) is 6.92 Å². The molecule has 0 saturated heterocycles. The number of hydrogen-bond acceptors (Lipinski definition) is 5. The van der Waals surface area contributed by atoms with E-state index in [2.05, 4.69) is 4.98 Å². The quantitative estimate of drug-likeness (QED) is 0.602. The van der Waals surface area contributed by atoms with Crippen LogP contribution < -0.4 is 5.56 Å². The fraction of sp³-hybridized carbons (Fsp3) is 0.400. The molecule has 0 saturated carbocycles. The van der Waals surface area contributed by atoms with Crippen molar-refractivity contribution < 1.29 is 14.3 Å². The third kappa shape index (κ3) is 3.45. The largest absolute Gasteiger partial charge is 0.460 e. The van der Waals surface area contributed by atoms with E-state index in [1.54, 1.807) is 25.1 Å². The Morgan fingerprint density at radius 1 is 1.32 bits per heavy atom. The monoisotopic (exact) mass is 324 g/mol. The van der Waals surface area contributed by atoms with Crippen molar-refractivity contribution in [2.45, 2.75) is 20.4 Å². The Balaban J connectivity index is 2.58. The first kappa shape index (κ1) is 16.5. The van der Waals surface area contributed by atoms with Gasteiger partial charge in [-0.25, -0.2) is 9.78 Å². The van der Waals surface area contributed by atoms with Gasteiger partial charge in [0.15, 0.2) is 0 Å². The highest BCUT2D eigenvalue weighted by molar-refractivity contribution is 6.31. The zero-order chi connectivity index (χ0) is 16.1. The van der Waals surface area contributed by atoms with Crippen molar-refractivity contribution in [1.29, 1.82) is 0 Å². The van der Waals surface area contributed by atoms with Crippen LogP contribution in [0, 0.1) is 0 Å². The van der Waals surface area contributed by atoms with Gasteiger partial charge in [-0.2, -0.15) is 0 Å². The van der Waals surface area contributed by atoms with E-state index >= 15 is 0 Å². The zero-order valence-electron chi connectivity index (χ0n) is 12.5. The van der Waals surface area contributed by atoms with Gasteiger partial charge in [0.1, 0.15) is 0 Å². The highest BCUT2D eigenvalue weighted by atomic mass is 35.5. The maximum absolute atomic E-state index is 12.6. The Hall–Kier alpha value is -1.92. The second-order valence-corrected chi connectivity index (χ2v) is 4.91. The molecule has 22 heavy (non-hydrogen) atoms. The summed E-state index contributed by atoms with van der Waals surface area (Å²) in [5.41, 5.74) is 0.0698. The molecule has 1 heterocycles. The first-order valence-electron chi connectivity index (χ1n) is 7.03. The minimum Gasteiger partial charge on any atom is -0.460 e. The van der Waals surface area contributed by atoms with Crippen molar-refractivity contribution in [3.05, 3.63) is 39.4 Å². The summed E-state index contributed by atoms with van der Waals surface area (Å²) in [7, 11) is 0. The van der Waals surface area contributed by atoms with E-state index in [0.29, 0.717) is 29.1 Å². The fourth-order valence-electron chi connectivity index (χ4n) is 2.05. The van der Waals surface area contributed by atoms with E-state index in [-0.39, 0.29) is 24.5 Å². The summed E-state index contributed by atoms with van der Waals surface area (Å²) < 4.78 is 11.5. The van der Waals surface area contributed by atoms with Gasteiger partial charge in [0.2, 0.25) is 5.82 Å². The third-order valence-corrected chi connectivity index (χ3v) is 3.27. The summed E-state index contributed by atoms with van der Waals surface area (Å²) in [6, 6.07) is 4.77. The summed E-state index contributed by atoms with van der Waals surface area (Å²) in [4.78, 5) is 28.9. The van der Waals surface area contributed by atoms with E-state index in [4.69, 9.17) is 21.1 Å². The maximum Gasteiger partial charge on any atom is 0.374 e. The van der Waals surface area contributed by atoms with Crippen molar-refractivity contribution in [3.8, 4) is 0 Å². The molecule has 0 aliphatic rings. The molecule has 118 valence electrons. The van der Waals surface area contributed by atoms with Crippen LogP contribution in [0.25, 0.3) is 10.9 Å². The van der Waals surface area contributed by atoms with Crippen LogP contribution in [-0.2, 0) is 16.0 Å². The van der Waals surface area contributed by atoms with E-state index in [9.17, 15) is 9.59 Å². The van der Waals surface area contributed by atoms with Gasteiger partial charge in [0.25, 0.3) is 5.56 Å². The van der Waals surface area contributed by atoms with Crippen LogP contribution in [0.1, 0.15) is 24.5 Å². The predicted molar refractivity (Wildman–Crippen MR) is 83.5 cm³/mol. The minimum absolute atomic E-state index is 0.0265. The molecule has 0 radical (unpaired) electrons. The Bertz CT molecular complexity index is 742. The Kier molecular flexibility index (Phi) is 5.51. The summed E-state index contributed by atoms with van der Waals surface area (Å²) in [5, 5.41) is 0.795. The lowest BCUT2D eigenvalue weighted by Crippen LogP contribution is -2.30. The van der Waals surface area contributed by atoms with Crippen molar-refractivity contribution in [2.24, 2.45) is 0 Å². The molecule has 2 rings (SSSR count). The van der Waals surface area contributed by atoms with E-state index in [1.165, 1.54) is 4.57 Å². The first-order chi connectivity index (χ1) is 10.6. The van der Waals surface area contributed by atoms with E-state index < -0.39 is 5.97 Å². The molecule has 6 nitrogen and oxygen atoms in total. The predicted octanol–water partition coefficient (Wildman–Crippen LogP) is 2.26. The minimum atomic E-state index is -0.632. The SMILES string of the molecule is CCOCCn1c(C(=O)OCC)nc2ccc(Cl)cc2c1=O.